The van der Waals surface area contributed by atoms with Gasteiger partial charge in [0.15, 0.2) is 5.78 Å². The van der Waals surface area contributed by atoms with Crippen molar-refractivity contribution in [3.63, 3.8) is 0 Å². The van der Waals surface area contributed by atoms with Gasteiger partial charge in [-0.3, -0.25) is 4.79 Å². The highest BCUT2D eigenvalue weighted by atomic mass is 16.1. The molecular weight excluding hydrogens is 210 g/mol. The maximum atomic E-state index is 12.0. The lowest BCUT2D eigenvalue weighted by Gasteiger charge is -2.07. The third-order valence-corrected chi connectivity index (χ3v) is 3.83. The predicted octanol–water partition coefficient (Wildman–Crippen LogP) is 3.62. The van der Waals surface area contributed by atoms with Crippen LogP contribution >= 0.6 is 0 Å². The van der Waals surface area contributed by atoms with Gasteiger partial charge in [-0.25, -0.2) is 0 Å². The second kappa shape index (κ2) is 3.59. The van der Waals surface area contributed by atoms with E-state index in [-0.39, 0.29) is 11.7 Å². The average Bonchev–Trinajstić information content (AvgIpc) is 2.88. The Bertz CT molecular complexity index is 568. The number of ketones is 1. The van der Waals surface area contributed by atoms with E-state index >= 15 is 0 Å². The van der Waals surface area contributed by atoms with Crippen LogP contribution in [0.25, 0.3) is 11.3 Å². The lowest BCUT2D eigenvalue weighted by molar-refractivity contribution is 0.0932. The van der Waals surface area contributed by atoms with E-state index < -0.39 is 0 Å². The molecule has 2 unspecified atom stereocenters. The monoisotopic (exact) mass is 225 g/mol. The van der Waals surface area contributed by atoms with Crippen molar-refractivity contribution in [2.75, 3.05) is 0 Å². The number of carbonyl (C=O) groups is 1. The van der Waals surface area contributed by atoms with Crippen molar-refractivity contribution in [1.82, 2.24) is 4.98 Å². The van der Waals surface area contributed by atoms with Crippen molar-refractivity contribution >= 4 is 5.78 Å². The molecule has 1 N–H and O–H groups in total. The molecule has 17 heavy (non-hydrogen) atoms. The number of hydrogen-bond acceptors (Lipinski definition) is 1. The molecule has 2 heteroatoms. The molecule has 1 heterocycles. The van der Waals surface area contributed by atoms with Crippen LogP contribution in [0, 0.1) is 5.92 Å². The summed E-state index contributed by atoms with van der Waals surface area (Å²) >= 11 is 0. The van der Waals surface area contributed by atoms with Crippen LogP contribution in [0.4, 0.5) is 0 Å². The van der Waals surface area contributed by atoms with E-state index in [1.807, 2.05) is 25.1 Å². The summed E-state index contributed by atoms with van der Waals surface area (Å²) < 4.78 is 0. The third kappa shape index (κ3) is 1.44. The van der Waals surface area contributed by atoms with E-state index in [2.05, 4.69) is 30.1 Å². The molecule has 1 aromatic heterocycles. The van der Waals surface area contributed by atoms with E-state index in [1.54, 1.807) is 0 Å². The van der Waals surface area contributed by atoms with Crippen molar-refractivity contribution in [2.24, 2.45) is 5.92 Å². The topological polar surface area (TPSA) is 32.9 Å². The Labute approximate surface area is 101 Å². The van der Waals surface area contributed by atoms with Crippen molar-refractivity contribution in [3.8, 4) is 11.3 Å². The van der Waals surface area contributed by atoms with Gasteiger partial charge in [0.05, 0.1) is 5.69 Å². The van der Waals surface area contributed by atoms with Crippen molar-refractivity contribution in [2.45, 2.75) is 19.8 Å². The molecule has 2 atom stereocenters. The highest BCUT2D eigenvalue weighted by molar-refractivity contribution is 6.02. The molecular formula is C15H15NO. The largest absolute Gasteiger partial charge is 0.352 e. The maximum Gasteiger partial charge on any atom is 0.182 e. The fourth-order valence-corrected chi connectivity index (χ4v) is 2.53. The first-order valence-corrected chi connectivity index (χ1v) is 6.01. The van der Waals surface area contributed by atoms with Gasteiger partial charge in [-0.1, -0.05) is 44.2 Å². The van der Waals surface area contributed by atoms with Crippen LogP contribution in [0.15, 0.2) is 36.4 Å². The summed E-state index contributed by atoms with van der Waals surface area (Å²) in [5.41, 5.74) is 4.16. The molecule has 0 spiro atoms. The van der Waals surface area contributed by atoms with Gasteiger partial charge in [-0.15, -0.1) is 0 Å². The van der Waals surface area contributed by atoms with E-state index in [1.165, 1.54) is 5.56 Å². The summed E-state index contributed by atoms with van der Waals surface area (Å²) in [4.78, 5) is 15.3. The second-order valence-corrected chi connectivity index (χ2v) is 4.82. The lowest BCUT2D eigenvalue weighted by atomic mass is 9.96. The fourth-order valence-electron chi connectivity index (χ4n) is 2.53. The van der Waals surface area contributed by atoms with Gasteiger partial charge in [0.1, 0.15) is 0 Å². The van der Waals surface area contributed by atoms with E-state index in [9.17, 15) is 4.79 Å². The first kappa shape index (κ1) is 10.3. The molecule has 0 amide bonds. The summed E-state index contributed by atoms with van der Waals surface area (Å²) in [6, 6.07) is 12.2. The standard InChI is InChI=1S/C15H15NO/c1-9-10(2)15(17)14-12(9)8-13(16-14)11-6-4-3-5-7-11/h3-10,16H,1-2H3. The number of benzene rings is 1. The minimum Gasteiger partial charge on any atom is -0.352 e. The van der Waals surface area contributed by atoms with Crippen LogP contribution in [-0.2, 0) is 0 Å². The average molecular weight is 225 g/mol. The predicted molar refractivity (Wildman–Crippen MR) is 68.1 cm³/mol. The molecule has 0 bridgehead atoms. The number of nitrogens with one attached hydrogen (secondary N) is 1. The number of Topliss-reactive ketones (excluding diaryl/α,β-unsaturated/α-hetero) is 1. The fraction of sp³-hybridized carbons (Fsp3) is 0.267. The van der Waals surface area contributed by atoms with Gasteiger partial charge in [0, 0.05) is 11.6 Å². The van der Waals surface area contributed by atoms with Crippen molar-refractivity contribution < 1.29 is 4.79 Å². The third-order valence-electron chi connectivity index (χ3n) is 3.83. The van der Waals surface area contributed by atoms with Crippen LogP contribution in [0.5, 0.6) is 0 Å². The number of fused-ring (bicyclic) bond motifs is 1. The SMILES string of the molecule is CC1C(=O)c2[nH]c(-c3ccccc3)cc2C1C. The molecule has 0 fully saturated rings. The Morgan fingerprint density at radius 1 is 1.06 bits per heavy atom. The van der Waals surface area contributed by atoms with Crippen LogP contribution in [0.1, 0.15) is 35.8 Å². The Morgan fingerprint density at radius 3 is 2.41 bits per heavy atom. The van der Waals surface area contributed by atoms with Crippen LogP contribution < -0.4 is 0 Å². The Hall–Kier alpha value is -1.83. The first-order valence-electron chi connectivity index (χ1n) is 6.01. The van der Waals surface area contributed by atoms with E-state index in [0.717, 1.165) is 17.0 Å². The molecule has 3 rings (SSSR count). The number of hydrogen-bond donors (Lipinski definition) is 1. The van der Waals surface area contributed by atoms with Gasteiger partial charge < -0.3 is 4.98 Å². The molecule has 2 aromatic rings. The first-order chi connectivity index (χ1) is 8.18. The lowest BCUT2D eigenvalue weighted by Crippen LogP contribution is -2.07. The summed E-state index contributed by atoms with van der Waals surface area (Å²) in [5, 5.41) is 0. The number of H-pyrrole nitrogens is 1. The minimum absolute atomic E-state index is 0.112. The van der Waals surface area contributed by atoms with Gasteiger partial charge in [0.2, 0.25) is 0 Å². The zero-order valence-corrected chi connectivity index (χ0v) is 10.0. The van der Waals surface area contributed by atoms with Crippen molar-refractivity contribution in [1.29, 1.82) is 0 Å². The molecule has 0 saturated heterocycles. The highest BCUT2D eigenvalue weighted by Crippen LogP contribution is 2.39. The maximum absolute atomic E-state index is 12.0. The number of carbonyl (C=O) groups excluding carboxylic acids is 1. The molecule has 1 aromatic carbocycles. The molecule has 1 aliphatic carbocycles. The van der Waals surface area contributed by atoms with Crippen LogP contribution in [0.3, 0.4) is 0 Å². The quantitative estimate of drug-likeness (QED) is 0.790. The highest BCUT2D eigenvalue weighted by Gasteiger charge is 2.35. The summed E-state index contributed by atoms with van der Waals surface area (Å²) in [7, 11) is 0. The Kier molecular flexibility index (Phi) is 2.18. The molecule has 0 radical (unpaired) electrons. The normalized spacial score (nSPS) is 22.8. The Balaban J connectivity index is 2.09. The summed E-state index contributed by atoms with van der Waals surface area (Å²) in [6.07, 6.45) is 0. The van der Waals surface area contributed by atoms with E-state index in [4.69, 9.17) is 0 Å². The van der Waals surface area contributed by atoms with Gasteiger partial charge in [0.25, 0.3) is 0 Å². The molecule has 1 aliphatic rings. The number of rotatable bonds is 1. The van der Waals surface area contributed by atoms with Crippen LogP contribution in [-0.4, -0.2) is 10.8 Å². The van der Waals surface area contributed by atoms with Crippen LogP contribution in [0.2, 0.25) is 0 Å². The van der Waals surface area contributed by atoms with Gasteiger partial charge in [-0.05, 0) is 23.1 Å². The molecule has 86 valence electrons. The molecule has 0 saturated carbocycles. The minimum atomic E-state index is 0.112. The number of aromatic amines is 1. The van der Waals surface area contributed by atoms with Gasteiger partial charge >= 0.3 is 0 Å². The molecule has 0 aliphatic heterocycles. The number of aromatic nitrogens is 1. The smallest absolute Gasteiger partial charge is 0.182 e. The van der Waals surface area contributed by atoms with Crippen molar-refractivity contribution in [3.05, 3.63) is 47.7 Å². The molecule has 2 nitrogen and oxygen atoms in total. The zero-order chi connectivity index (χ0) is 12.0. The second-order valence-electron chi connectivity index (χ2n) is 4.82. The zero-order valence-electron chi connectivity index (χ0n) is 10.0. The van der Waals surface area contributed by atoms with E-state index in [0.29, 0.717) is 5.92 Å². The van der Waals surface area contributed by atoms with Gasteiger partial charge in [-0.2, -0.15) is 0 Å². The Morgan fingerprint density at radius 2 is 1.76 bits per heavy atom. The summed E-state index contributed by atoms with van der Waals surface area (Å²) in [6.45, 7) is 4.13. The summed E-state index contributed by atoms with van der Waals surface area (Å²) in [5.74, 6) is 0.682.